The summed E-state index contributed by atoms with van der Waals surface area (Å²) in [6.45, 7) is 5.28. The number of hydrogen-bond donors (Lipinski definition) is 2. The van der Waals surface area contributed by atoms with E-state index in [9.17, 15) is 13.2 Å². The van der Waals surface area contributed by atoms with Gasteiger partial charge in [-0.2, -0.15) is 13.2 Å². The molecule has 0 radical (unpaired) electrons. The Morgan fingerprint density at radius 2 is 1.82 bits per heavy atom. The van der Waals surface area contributed by atoms with Crippen LogP contribution in [0, 0.1) is 0 Å². The summed E-state index contributed by atoms with van der Waals surface area (Å²) >= 11 is 0. The van der Waals surface area contributed by atoms with E-state index in [2.05, 4.69) is 10.3 Å². The summed E-state index contributed by atoms with van der Waals surface area (Å²) in [5, 5.41) is 2.93. The highest BCUT2D eigenvalue weighted by Gasteiger charge is 2.28. The number of rotatable bonds is 4. The van der Waals surface area contributed by atoms with Gasteiger partial charge in [-0.1, -0.05) is 0 Å². The van der Waals surface area contributed by atoms with Crippen molar-refractivity contribution in [2.75, 3.05) is 26.7 Å². The summed E-state index contributed by atoms with van der Waals surface area (Å²) in [4.78, 5) is 5.11. The van der Waals surface area contributed by atoms with E-state index in [1.165, 1.54) is 7.05 Å². The van der Waals surface area contributed by atoms with Gasteiger partial charge in [0.05, 0.1) is 13.1 Å². The van der Waals surface area contributed by atoms with Crippen molar-refractivity contribution in [3.05, 3.63) is 0 Å². The third-order valence-electron chi connectivity index (χ3n) is 1.72. The van der Waals surface area contributed by atoms with E-state index in [0.29, 0.717) is 0 Å². The largest absolute Gasteiger partial charge is 0.401 e. The SMILES string of the molecule is CN(CCN=C(N)NC(C)(C)C)CC(F)(F)F. The van der Waals surface area contributed by atoms with Crippen LogP contribution in [0.2, 0.25) is 0 Å². The van der Waals surface area contributed by atoms with Crippen LogP contribution < -0.4 is 11.1 Å². The molecule has 0 aliphatic rings. The second-order valence-corrected chi connectivity index (χ2v) is 4.99. The van der Waals surface area contributed by atoms with E-state index in [1.54, 1.807) is 0 Å². The van der Waals surface area contributed by atoms with Crippen LogP contribution in [0.5, 0.6) is 0 Å². The highest BCUT2D eigenvalue weighted by Crippen LogP contribution is 2.15. The molecule has 0 rings (SSSR count). The molecule has 0 aliphatic heterocycles. The molecule has 0 heterocycles. The van der Waals surface area contributed by atoms with E-state index >= 15 is 0 Å². The van der Waals surface area contributed by atoms with Crippen LogP contribution in [0.25, 0.3) is 0 Å². The molecule has 0 aromatic carbocycles. The number of guanidine groups is 1. The summed E-state index contributed by atoms with van der Waals surface area (Å²) < 4.78 is 36.0. The molecule has 0 saturated heterocycles. The molecule has 0 fully saturated rings. The Bertz CT molecular complexity index is 255. The van der Waals surface area contributed by atoms with Crippen molar-refractivity contribution < 1.29 is 13.2 Å². The number of nitrogens with zero attached hydrogens (tertiary/aromatic N) is 2. The van der Waals surface area contributed by atoms with Crippen LogP contribution in [0.15, 0.2) is 4.99 Å². The number of halogens is 3. The first-order valence-corrected chi connectivity index (χ1v) is 5.33. The van der Waals surface area contributed by atoms with Gasteiger partial charge < -0.3 is 11.1 Å². The number of aliphatic imine (C=N–C) groups is 1. The van der Waals surface area contributed by atoms with Crippen LogP contribution in [-0.4, -0.2) is 49.3 Å². The molecule has 3 N–H and O–H groups in total. The maximum Gasteiger partial charge on any atom is 0.401 e. The van der Waals surface area contributed by atoms with Crippen LogP contribution in [0.1, 0.15) is 20.8 Å². The summed E-state index contributed by atoms with van der Waals surface area (Å²) in [6.07, 6.45) is -4.17. The Balaban J connectivity index is 3.93. The minimum Gasteiger partial charge on any atom is -0.370 e. The van der Waals surface area contributed by atoms with Crippen LogP contribution in [-0.2, 0) is 0 Å². The smallest absolute Gasteiger partial charge is 0.370 e. The minimum atomic E-state index is -4.17. The number of alkyl halides is 3. The maximum atomic E-state index is 12.0. The van der Waals surface area contributed by atoms with E-state index in [4.69, 9.17) is 5.73 Å². The Morgan fingerprint density at radius 3 is 2.24 bits per heavy atom. The Labute approximate surface area is 100 Å². The lowest BCUT2D eigenvalue weighted by Gasteiger charge is -2.21. The zero-order valence-electron chi connectivity index (χ0n) is 10.7. The fourth-order valence-electron chi connectivity index (χ4n) is 1.15. The maximum absolute atomic E-state index is 12.0. The lowest BCUT2D eigenvalue weighted by atomic mass is 10.1. The first-order valence-electron chi connectivity index (χ1n) is 5.33. The lowest BCUT2D eigenvalue weighted by molar-refractivity contribution is -0.142. The van der Waals surface area contributed by atoms with Gasteiger partial charge in [0.15, 0.2) is 5.96 Å². The van der Waals surface area contributed by atoms with E-state index in [1.807, 2.05) is 20.8 Å². The van der Waals surface area contributed by atoms with Crippen molar-refractivity contribution in [2.24, 2.45) is 10.7 Å². The highest BCUT2D eigenvalue weighted by molar-refractivity contribution is 5.78. The second kappa shape index (κ2) is 6.09. The van der Waals surface area contributed by atoms with Gasteiger partial charge in [-0.15, -0.1) is 0 Å². The topological polar surface area (TPSA) is 53.6 Å². The molecule has 0 spiro atoms. The lowest BCUT2D eigenvalue weighted by Crippen LogP contribution is -2.45. The molecular formula is C10H21F3N4. The normalized spacial score (nSPS) is 14.2. The Hall–Kier alpha value is -0.980. The predicted octanol–water partition coefficient (Wildman–Crippen LogP) is 1.18. The molecule has 0 aromatic rings. The van der Waals surface area contributed by atoms with Crippen molar-refractivity contribution in [3.8, 4) is 0 Å². The van der Waals surface area contributed by atoms with Gasteiger partial charge in [-0.05, 0) is 27.8 Å². The van der Waals surface area contributed by atoms with Crippen molar-refractivity contribution in [1.82, 2.24) is 10.2 Å². The molecule has 0 aliphatic carbocycles. The summed E-state index contributed by atoms with van der Waals surface area (Å²) in [6, 6.07) is 0. The Kier molecular flexibility index (Phi) is 5.74. The molecule has 0 amide bonds. The molecule has 0 atom stereocenters. The van der Waals surface area contributed by atoms with Crippen LogP contribution in [0.3, 0.4) is 0 Å². The molecule has 0 aromatic heterocycles. The zero-order chi connectivity index (χ0) is 13.7. The Morgan fingerprint density at radius 1 is 1.29 bits per heavy atom. The first-order chi connectivity index (χ1) is 7.49. The van der Waals surface area contributed by atoms with Gasteiger partial charge in [-0.25, -0.2) is 0 Å². The van der Waals surface area contributed by atoms with Crippen molar-refractivity contribution in [3.63, 3.8) is 0 Å². The third-order valence-corrected chi connectivity index (χ3v) is 1.72. The van der Waals surface area contributed by atoms with Crippen LogP contribution in [0.4, 0.5) is 13.2 Å². The van der Waals surface area contributed by atoms with Gasteiger partial charge in [0.1, 0.15) is 0 Å². The highest BCUT2D eigenvalue weighted by atomic mass is 19.4. The average molecular weight is 254 g/mol. The fourth-order valence-corrected chi connectivity index (χ4v) is 1.15. The number of nitrogens with two attached hydrogens (primary N) is 1. The number of hydrogen-bond acceptors (Lipinski definition) is 2. The molecule has 7 heteroatoms. The molecule has 17 heavy (non-hydrogen) atoms. The second-order valence-electron chi connectivity index (χ2n) is 4.99. The molecule has 0 saturated carbocycles. The van der Waals surface area contributed by atoms with Gasteiger partial charge in [0.25, 0.3) is 0 Å². The monoisotopic (exact) mass is 254 g/mol. The zero-order valence-corrected chi connectivity index (χ0v) is 10.7. The van der Waals surface area contributed by atoms with Crippen molar-refractivity contribution in [2.45, 2.75) is 32.5 Å². The molecule has 4 nitrogen and oxygen atoms in total. The number of nitrogens with one attached hydrogen (secondary N) is 1. The molecule has 0 unspecified atom stereocenters. The average Bonchev–Trinajstić information content (AvgIpc) is 1.95. The van der Waals surface area contributed by atoms with Crippen molar-refractivity contribution >= 4 is 5.96 Å². The van der Waals surface area contributed by atoms with Gasteiger partial charge in [-0.3, -0.25) is 9.89 Å². The van der Waals surface area contributed by atoms with Crippen LogP contribution >= 0.6 is 0 Å². The standard InChI is InChI=1S/C10H21F3N4/c1-9(2,3)16-8(14)15-5-6-17(4)7-10(11,12)13/h5-7H2,1-4H3,(H3,14,15,16). The summed E-state index contributed by atoms with van der Waals surface area (Å²) in [5.41, 5.74) is 5.37. The van der Waals surface area contributed by atoms with Crippen molar-refractivity contribution in [1.29, 1.82) is 0 Å². The summed E-state index contributed by atoms with van der Waals surface area (Å²) in [5.74, 6) is 0.248. The molecule has 102 valence electrons. The van der Waals surface area contributed by atoms with Gasteiger partial charge >= 0.3 is 6.18 Å². The van der Waals surface area contributed by atoms with E-state index in [-0.39, 0.29) is 24.6 Å². The minimum absolute atomic E-state index is 0.203. The fraction of sp³-hybridized carbons (Fsp3) is 0.900. The third kappa shape index (κ3) is 11.3. The molecular weight excluding hydrogens is 233 g/mol. The van der Waals surface area contributed by atoms with E-state index in [0.717, 1.165) is 4.90 Å². The van der Waals surface area contributed by atoms with Gasteiger partial charge in [0.2, 0.25) is 0 Å². The quantitative estimate of drug-likeness (QED) is 0.585. The number of likely N-dealkylation sites (N-methyl/N-ethyl adjacent to an activating group) is 1. The van der Waals surface area contributed by atoms with E-state index < -0.39 is 12.7 Å². The first kappa shape index (κ1) is 16.0. The molecule has 0 bridgehead atoms. The van der Waals surface area contributed by atoms with Gasteiger partial charge in [0, 0.05) is 12.1 Å². The predicted molar refractivity (Wildman–Crippen MR) is 62.9 cm³/mol. The summed E-state index contributed by atoms with van der Waals surface area (Å²) in [7, 11) is 1.40.